The van der Waals surface area contributed by atoms with E-state index >= 15 is 0 Å². The number of carbonyl (C=O) groups excluding carboxylic acids is 1. The van der Waals surface area contributed by atoms with Crippen molar-refractivity contribution in [3.05, 3.63) is 12.2 Å². The van der Waals surface area contributed by atoms with Crippen LogP contribution < -0.4 is 5.32 Å². The van der Waals surface area contributed by atoms with Crippen molar-refractivity contribution < 1.29 is 4.79 Å². The van der Waals surface area contributed by atoms with Gasteiger partial charge in [0.15, 0.2) is 0 Å². The van der Waals surface area contributed by atoms with E-state index < -0.39 is 0 Å². The van der Waals surface area contributed by atoms with Crippen LogP contribution in [0.25, 0.3) is 0 Å². The fraction of sp³-hybridized carbons (Fsp3) is 0.812. The summed E-state index contributed by atoms with van der Waals surface area (Å²) >= 11 is 0. The van der Waals surface area contributed by atoms with Gasteiger partial charge in [-0.15, -0.1) is 0 Å². The lowest BCUT2D eigenvalue weighted by molar-refractivity contribution is -0.134. The van der Waals surface area contributed by atoms with Gasteiger partial charge in [0.25, 0.3) is 0 Å². The highest BCUT2D eigenvalue weighted by Gasteiger charge is 2.24. The maximum atomic E-state index is 12.5. The number of nitrogens with zero attached hydrogens (tertiary/aromatic N) is 1. The molecule has 1 unspecified atom stereocenters. The van der Waals surface area contributed by atoms with Crippen LogP contribution in [-0.4, -0.2) is 36.5 Å². The molecule has 3 heteroatoms. The van der Waals surface area contributed by atoms with E-state index in [2.05, 4.69) is 36.2 Å². The Kier molecular flexibility index (Phi) is 5.44. The van der Waals surface area contributed by atoms with Gasteiger partial charge in [-0.3, -0.25) is 4.79 Å². The highest BCUT2D eigenvalue weighted by Crippen LogP contribution is 2.23. The Morgan fingerprint density at radius 3 is 2.63 bits per heavy atom. The maximum absolute atomic E-state index is 12.5. The molecule has 1 aliphatic heterocycles. The van der Waals surface area contributed by atoms with Crippen LogP contribution in [0.4, 0.5) is 0 Å². The minimum atomic E-state index is 0.327. The van der Waals surface area contributed by atoms with Gasteiger partial charge in [-0.1, -0.05) is 12.2 Å². The molecule has 0 aromatic heterocycles. The first kappa shape index (κ1) is 14.6. The average Bonchev–Trinajstić information content (AvgIpc) is 2.89. The normalized spacial score (nSPS) is 24.1. The van der Waals surface area contributed by atoms with Crippen molar-refractivity contribution in [1.29, 1.82) is 0 Å². The summed E-state index contributed by atoms with van der Waals surface area (Å²) < 4.78 is 0. The van der Waals surface area contributed by atoms with Gasteiger partial charge >= 0.3 is 0 Å². The summed E-state index contributed by atoms with van der Waals surface area (Å²) in [5, 5.41) is 3.39. The third-order valence-corrected chi connectivity index (χ3v) is 4.41. The lowest BCUT2D eigenvalue weighted by Gasteiger charge is -2.33. The van der Waals surface area contributed by atoms with Gasteiger partial charge in [0.05, 0.1) is 0 Å². The molecular formula is C16H28N2O. The van der Waals surface area contributed by atoms with E-state index in [4.69, 9.17) is 0 Å². The second kappa shape index (κ2) is 7.09. The summed E-state index contributed by atoms with van der Waals surface area (Å²) in [7, 11) is 0. The highest BCUT2D eigenvalue weighted by molar-refractivity contribution is 5.77. The van der Waals surface area contributed by atoms with Crippen LogP contribution in [0.15, 0.2) is 12.2 Å². The Balaban J connectivity index is 1.86. The minimum Gasteiger partial charge on any atom is -0.340 e. The van der Waals surface area contributed by atoms with Gasteiger partial charge < -0.3 is 10.2 Å². The van der Waals surface area contributed by atoms with Gasteiger partial charge in [0.1, 0.15) is 0 Å². The molecule has 1 amide bonds. The molecule has 19 heavy (non-hydrogen) atoms. The standard InChI is InChI=1S/C16H28N2O/c1-13(2)18(12-15-7-9-17-10-8-15)16(19)11-14-5-3-4-6-14/h3,5,13-15,17H,4,6-12H2,1-2H3. The fourth-order valence-electron chi connectivity index (χ4n) is 3.15. The number of allylic oxidation sites excluding steroid dienone is 2. The lowest BCUT2D eigenvalue weighted by atomic mass is 9.96. The van der Waals surface area contributed by atoms with Crippen molar-refractivity contribution >= 4 is 5.91 Å². The second-order valence-electron chi connectivity index (χ2n) is 6.30. The van der Waals surface area contributed by atoms with Gasteiger partial charge in [-0.25, -0.2) is 0 Å². The molecule has 0 saturated carbocycles. The smallest absolute Gasteiger partial charge is 0.223 e. The minimum absolute atomic E-state index is 0.327. The van der Waals surface area contributed by atoms with Crippen LogP contribution in [0.2, 0.25) is 0 Å². The quantitative estimate of drug-likeness (QED) is 0.774. The molecule has 1 fully saturated rings. The first-order chi connectivity index (χ1) is 9.16. The largest absolute Gasteiger partial charge is 0.340 e. The number of hydrogen-bond acceptors (Lipinski definition) is 2. The van der Waals surface area contributed by atoms with E-state index in [0.29, 0.717) is 30.2 Å². The molecule has 1 aliphatic carbocycles. The molecule has 3 nitrogen and oxygen atoms in total. The molecule has 108 valence electrons. The summed E-state index contributed by atoms with van der Waals surface area (Å²) in [5.74, 6) is 1.53. The predicted octanol–water partition coefficient (Wildman–Crippen LogP) is 2.58. The number of amides is 1. The second-order valence-corrected chi connectivity index (χ2v) is 6.30. The number of nitrogens with one attached hydrogen (secondary N) is 1. The van der Waals surface area contributed by atoms with Crippen molar-refractivity contribution in [2.75, 3.05) is 19.6 Å². The molecular weight excluding hydrogens is 236 g/mol. The third-order valence-electron chi connectivity index (χ3n) is 4.41. The zero-order valence-corrected chi connectivity index (χ0v) is 12.4. The Morgan fingerprint density at radius 2 is 2.05 bits per heavy atom. The molecule has 1 saturated heterocycles. The number of hydrogen-bond donors (Lipinski definition) is 1. The van der Waals surface area contributed by atoms with Gasteiger partial charge in [-0.05, 0) is 64.5 Å². The summed E-state index contributed by atoms with van der Waals surface area (Å²) in [5.41, 5.74) is 0. The van der Waals surface area contributed by atoms with Crippen molar-refractivity contribution in [3.63, 3.8) is 0 Å². The molecule has 0 spiro atoms. The summed E-state index contributed by atoms with van der Waals surface area (Å²) in [6, 6.07) is 0.327. The van der Waals surface area contributed by atoms with E-state index in [1.165, 1.54) is 12.8 Å². The highest BCUT2D eigenvalue weighted by atomic mass is 16.2. The van der Waals surface area contributed by atoms with Crippen molar-refractivity contribution in [1.82, 2.24) is 10.2 Å². The zero-order chi connectivity index (χ0) is 13.7. The summed E-state index contributed by atoms with van der Waals surface area (Å²) in [6.07, 6.45) is 9.86. The molecule has 1 heterocycles. The first-order valence-electron chi connectivity index (χ1n) is 7.83. The first-order valence-corrected chi connectivity index (χ1v) is 7.83. The van der Waals surface area contributed by atoms with Crippen LogP contribution in [0.5, 0.6) is 0 Å². The molecule has 0 radical (unpaired) electrons. The van der Waals surface area contributed by atoms with Crippen LogP contribution in [0, 0.1) is 11.8 Å². The Bertz CT molecular complexity index is 319. The molecule has 1 N–H and O–H groups in total. The predicted molar refractivity (Wildman–Crippen MR) is 78.9 cm³/mol. The Hall–Kier alpha value is -0.830. The van der Waals surface area contributed by atoms with Crippen molar-refractivity contribution in [2.24, 2.45) is 11.8 Å². The average molecular weight is 264 g/mol. The Labute approximate surface area is 117 Å². The molecule has 0 bridgehead atoms. The van der Waals surface area contributed by atoms with Crippen LogP contribution in [-0.2, 0) is 4.79 Å². The molecule has 0 aromatic rings. The molecule has 2 aliphatic rings. The number of rotatable bonds is 5. The lowest BCUT2D eigenvalue weighted by Crippen LogP contribution is -2.43. The van der Waals surface area contributed by atoms with Crippen LogP contribution >= 0.6 is 0 Å². The van der Waals surface area contributed by atoms with Gasteiger partial charge in [0, 0.05) is 19.0 Å². The van der Waals surface area contributed by atoms with E-state index in [1.54, 1.807) is 0 Å². The Morgan fingerprint density at radius 1 is 1.32 bits per heavy atom. The van der Waals surface area contributed by atoms with Crippen LogP contribution in [0.3, 0.4) is 0 Å². The monoisotopic (exact) mass is 264 g/mol. The van der Waals surface area contributed by atoms with Gasteiger partial charge in [0.2, 0.25) is 5.91 Å². The molecule has 2 rings (SSSR count). The van der Waals surface area contributed by atoms with Gasteiger partial charge in [-0.2, -0.15) is 0 Å². The third kappa shape index (κ3) is 4.34. The summed E-state index contributed by atoms with van der Waals surface area (Å²) in [4.78, 5) is 14.6. The van der Waals surface area contributed by atoms with Crippen LogP contribution in [0.1, 0.15) is 46.0 Å². The zero-order valence-electron chi connectivity index (χ0n) is 12.4. The molecule has 1 atom stereocenters. The number of carbonyl (C=O) groups is 1. The molecule has 0 aromatic carbocycles. The van der Waals surface area contributed by atoms with E-state index in [9.17, 15) is 4.79 Å². The topological polar surface area (TPSA) is 32.3 Å². The maximum Gasteiger partial charge on any atom is 0.223 e. The van der Waals surface area contributed by atoms with E-state index in [0.717, 1.165) is 32.5 Å². The fourth-order valence-corrected chi connectivity index (χ4v) is 3.15. The summed E-state index contributed by atoms with van der Waals surface area (Å²) in [6.45, 7) is 7.45. The van der Waals surface area contributed by atoms with Crippen molar-refractivity contribution in [3.8, 4) is 0 Å². The SMILES string of the molecule is CC(C)N(CC1CCNCC1)C(=O)CC1C=CCC1. The number of piperidine rings is 1. The van der Waals surface area contributed by atoms with E-state index in [1.807, 2.05) is 0 Å². The van der Waals surface area contributed by atoms with E-state index in [-0.39, 0.29) is 0 Å². The van der Waals surface area contributed by atoms with Crippen molar-refractivity contribution in [2.45, 2.75) is 52.0 Å².